The van der Waals surface area contributed by atoms with E-state index >= 15 is 0 Å². The van der Waals surface area contributed by atoms with Crippen molar-refractivity contribution in [3.05, 3.63) is 35.4 Å². The third kappa shape index (κ3) is 3.48. The highest BCUT2D eigenvalue weighted by Crippen LogP contribution is 2.44. The van der Waals surface area contributed by atoms with Crippen molar-refractivity contribution in [3.63, 3.8) is 0 Å². The summed E-state index contributed by atoms with van der Waals surface area (Å²) in [5.74, 6) is -1.58. The summed E-state index contributed by atoms with van der Waals surface area (Å²) in [5, 5.41) is 11.3. The number of rotatable bonds is 3. The first-order valence-corrected chi connectivity index (χ1v) is 9.60. The van der Waals surface area contributed by atoms with Gasteiger partial charge in [0.1, 0.15) is 11.6 Å². The normalized spacial score (nSPS) is 33.3. The Kier molecular flexibility index (Phi) is 5.18. The largest absolute Gasteiger partial charge is 0.389 e. The number of hydrogen-bond donors (Lipinski definition) is 1. The van der Waals surface area contributed by atoms with Crippen LogP contribution in [0.3, 0.4) is 0 Å². The highest BCUT2D eigenvalue weighted by atomic mass is 19.1. The van der Waals surface area contributed by atoms with Crippen molar-refractivity contribution in [1.82, 2.24) is 4.90 Å². The van der Waals surface area contributed by atoms with Crippen LogP contribution in [0.1, 0.15) is 24.8 Å². The third-order valence-corrected chi connectivity index (χ3v) is 6.40. The number of likely N-dealkylation sites (tertiary alicyclic amines) is 1. The van der Waals surface area contributed by atoms with Gasteiger partial charge in [0, 0.05) is 56.5 Å². The van der Waals surface area contributed by atoms with Crippen LogP contribution in [-0.4, -0.2) is 60.5 Å². The lowest BCUT2D eigenvalue weighted by molar-refractivity contribution is -0.219. The molecule has 1 aromatic carbocycles. The summed E-state index contributed by atoms with van der Waals surface area (Å²) < 4.78 is 38.1. The van der Waals surface area contributed by atoms with Gasteiger partial charge in [-0.05, 0) is 24.5 Å². The molecule has 3 fully saturated rings. The Morgan fingerprint density at radius 1 is 1.26 bits per heavy atom. The average molecular weight is 381 g/mol. The standard InChI is InChI=1S/C20H25F2NO4/c21-15-3-1-13(17(22)9-15)2-4-19(24)23-10-14-11-27-8-6-20(14,25)16-12-26-7-5-18(16)23/h1,3,9,14,16,18,25H,2,4-8,10-12H2/t14-,16+,18+,20-/m0/s1. The predicted octanol–water partition coefficient (Wildman–Crippen LogP) is 1.91. The lowest BCUT2D eigenvalue weighted by Crippen LogP contribution is -2.68. The molecule has 3 saturated heterocycles. The summed E-state index contributed by atoms with van der Waals surface area (Å²) in [6.45, 7) is 2.40. The molecular formula is C20H25F2NO4. The number of benzene rings is 1. The summed E-state index contributed by atoms with van der Waals surface area (Å²) in [6.07, 6.45) is 1.63. The zero-order valence-electron chi connectivity index (χ0n) is 15.2. The lowest BCUT2D eigenvalue weighted by atomic mass is 9.66. The first kappa shape index (κ1) is 18.8. The smallest absolute Gasteiger partial charge is 0.223 e. The molecule has 0 bridgehead atoms. The topological polar surface area (TPSA) is 59.0 Å². The average Bonchev–Trinajstić information content (AvgIpc) is 2.66. The Labute approximate surface area is 157 Å². The van der Waals surface area contributed by atoms with Gasteiger partial charge < -0.3 is 19.5 Å². The molecule has 0 aliphatic carbocycles. The number of fused-ring (bicyclic) bond motifs is 3. The van der Waals surface area contributed by atoms with E-state index in [1.54, 1.807) is 0 Å². The molecule has 4 atom stereocenters. The second-order valence-corrected chi connectivity index (χ2v) is 7.83. The second kappa shape index (κ2) is 7.45. The van der Waals surface area contributed by atoms with Crippen LogP contribution in [0.25, 0.3) is 0 Å². The lowest BCUT2D eigenvalue weighted by Gasteiger charge is -2.57. The minimum absolute atomic E-state index is 0.0661. The van der Waals surface area contributed by atoms with E-state index in [1.807, 2.05) is 4.90 Å². The molecule has 1 N–H and O–H groups in total. The molecule has 0 unspecified atom stereocenters. The van der Waals surface area contributed by atoms with Gasteiger partial charge in [0.2, 0.25) is 5.91 Å². The van der Waals surface area contributed by atoms with Crippen molar-refractivity contribution in [2.75, 3.05) is 33.0 Å². The van der Waals surface area contributed by atoms with E-state index in [9.17, 15) is 18.7 Å². The number of aryl methyl sites for hydroxylation is 1. The van der Waals surface area contributed by atoms with Crippen LogP contribution in [0.15, 0.2) is 18.2 Å². The summed E-state index contributed by atoms with van der Waals surface area (Å²) >= 11 is 0. The number of piperidine rings is 1. The highest BCUT2D eigenvalue weighted by Gasteiger charge is 2.56. The summed E-state index contributed by atoms with van der Waals surface area (Å²) in [7, 11) is 0. The summed E-state index contributed by atoms with van der Waals surface area (Å²) in [4.78, 5) is 14.8. The first-order chi connectivity index (χ1) is 13.0. The predicted molar refractivity (Wildman–Crippen MR) is 93.0 cm³/mol. The minimum Gasteiger partial charge on any atom is -0.389 e. The van der Waals surface area contributed by atoms with E-state index in [2.05, 4.69) is 0 Å². The Balaban J connectivity index is 1.49. The molecule has 0 spiro atoms. The molecule has 1 amide bonds. The summed E-state index contributed by atoms with van der Waals surface area (Å²) in [6, 6.07) is 3.37. The van der Waals surface area contributed by atoms with Crippen molar-refractivity contribution in [2.45, 2.75) is 37.3 Å². The van der Waals surface area contributed by atoms with Gasteiger partial charge in [-0.1, -0.05) is 6.07 Å². The van der Waals surface area contributed by atoms with Gasteiger partial charge in [0.05, 0.1) is 18.8 Å². The van der Waals surface area contributed by atoms with Crippen LogP contribution in [0.5, 0.6) is 0 Å². The molecule has 27 heavy (non-hydrogen) atoms. The fourth-order valence-electron chi connectivity index (χ4n) is 4.85. The van der Waals surface area contributed by atoms with E-state index in [-0.39, 0.29) is 36.6 Å². The van der Waals surface area contributed by atoms with Gasteiger partial charge in [0.15, 0.2) is 0 Å². The van der Waals surface area contributed by atoms with E-state index in [1.165, 1.54) is 12.1 Å². The van der Waals surface area contributed by atoms with Gasteiger partial charge in [-0.15, -0.1) is 0 Å². The molecule has 148 valence electrons. The van der Waals surface area contributed by atoms with Crippen LogP contribution in [0, 0.1) is 23.5 Å². The molecule has 0 radical (unpaired) electrons. The molecule has 7 heteroatoms. The highest BCUT2D eigenvalue weighted by molar-refractivity contribution is 5.77. The van der Waals surface area contributed by atoms with E-state index < -0.39 is 17.2 Å². The van der Waals surface area contributed by atoms with Crippen molar-refractivity contribution in [3.8, 4) is 0 Å². The fourth-order valence-corrected chi connectivity index (χ4v) is 4.85. The molecule has 4 rings (SSSR count). The molecule has 3 aliphatic heterocycles. The van der Waals surface area contributed by atoms with Crippen LogP contribution in [-0.2, 0) is 20.7 Å². The number of carbonyl (C=O) groups is 1. The van der Waals surface area contributed by atoms with Crippen molar-refractivity contribution >= 4 is 5.91 Å². The molecule has 0 aromatic heterocycles. The fraction of sp³-hybridized carbons (Fsp3) is 0.650. The van der Waals surface area contributed by atoms with Gasteiger partial charge >= 0.3 is 0 Å². The number of nitrogens with zero attached hydrogens (tertiary/aromatic N) is 1. The number of aliphatic hydroxyl groups is 1. The SMILES string of the molecule is O=C(CCc1ccc(F)cc1F)N1C[C@H]2COCC[C@@]2(O)[C@@H]2COCC[C@H]21. The van der Waals surface area contributed by atoms with Crippen molar-refractivity contribution in [1.29, 1.82) is 0 Å². The van der Waals surface area contributed by atoms with E-state index in [0.29, 0.717) is 51.4 Å². The molecule has 3 heterocycles. The van der Waals surface area contributed by atoms with Crippen LogP contribution >= 0.6 is 0 Å². The molecule has 1 aromatic rings. The maximum Gasteiger partial charge on any atom is 0.223 e. The zero-order valence-corrected chi connectivity index (χ0v) is 15.2. The summed E-state index contributed by atoms with van der Waals surface area (Å²) in [5.41, 5.74) is -0.522. The number of amides is 1. The van der Waals surface area contributed by atoms with Crippen LogP contribution in [0.2, 0.25) is 0 Å². The van der Waals surface area contributed by atoms with Crippen molar-refractivity contribution in [2.24, 2.45) is 11.8 Å². The monoisotopic (exact) mass is 381 g/mol. The maximum atomic E-state index is 13.9. The number of hydrogen-bond acceptors (Lipinski definition) is 4. The van der Waals surface area contributed by atoms with Gasteiger partial charge in [0.25, 0.3) is 0 Å². The number of halogens is 2. The van der Waals surface area contributed by atoms with Gasteiger partial charge in [-0.25, -0.2) is 8.78 Å². The zero-order chi connectivity index (χ0) is 19.0. The van der Waals surface area contributed by atoms with Crippen LogP contribution < -0.4 is 0 Å². The quantitative estimate of drug-likeness (QED) is 0.869. The Bertz CT molecular complexity index is 715. The molecule has 0 saturated carbocycles. The number of ether oxygens (including phenoxy) is 2. The van der Waals surface area contributed by atoms with E-state index in [0.717, 1.165) is 6.07 Å². The minimum atomic E-state index is -0.858. The third-order valence-electron chi connectivity index (χ3n) is 6.40. The van der Waals surface area contributed by atoms with Crippen molar-refractivity contribution < 1.29 is 28.2 Å². The van der Waals surface area contributed by atoms with E-state index in [4.69, 9.17) is 9.47 Å². The molecule has 3 aliphatic rings. The first-order valence-electron chi connectivity index (χ1n) is 9.60. The second-order valence-electron chi connectivity index (χ2n) is 7.83. The molecule has 5 nitrogen and oxygen atoms in total. The van der Waals surface area contributed by atoms with Gasteiger partial charge in [-0.3, -0.25) is 4.79 Å². The maximum absolute atomic E-state index is 13.9. The van der Waals surface area contributed by atoms with Crippen LogP contribution in [0.4, 0.5) is 8.78 Å². The molecular weight excluding hydrogens is 356 g/mol. The Morgan fingerprint density at radius 3 is 2.89 bits per heavy atom. The van der Waals surface area contributed by atoms with Gasteiger partial charge in [-0.2, -0.15) is 0 Å². The Hall–Kier alpha value is -1.57. The number of carbonyl (C=O) groups excluding carboxylic acids is 1. The Morgan fingerprint density at radius 2 is 2.07 bits per heavy atom.